The summed E-state index contributed by atoms with van der Waals surface area (Å²) in [7, 11) is 0. The molecule has 19 heavy (non-hydrogen) atoms. The van der Waals surface area contributed by atoms with Crippen molar-refractivity contribution in [3.8, 4) is 0 Å². The van der Waals surface area contributed by atoms with Crippen molar-refractivity contribution in [1.29, 1.82) is 0 Å². The molecule has 1 aromatic rings. The van der Waals surface area contributed by atoms with E-state index in [1.165, 1.54) is 0 Å². The molecule has 0 saturated carbocycles. The number of ketones is 2. The highest BCUT2D eigenvalue weighted by Gasteiger charge is 2.24. The van der Waals surface area contributed by atoms with Crippen molar-refractivity contribution >= 4 is 22.9 Å². The summed E-state index contributed by atoms with van der Waals surface area (Å²) in [5.41, 5.74) is -1.44. The van der Waals surface area contributed by atoms with Gasteiger partial charge in [-0.15, -0.1) is 0 Å². The van der Waals surface area contributed by atoms with Crippen LogP contribution in [0.4, 0.5) is 11.4 Å². The molecule has 1 aromatic carbocycles. The number of rotatable bonds is 6. The van der Waals surface area contributed by atoms with Gasteiger partial charge in [0, 0.05) is 12.5 Å². The summed E-state index contributed by atoms with van der Waals surface area (Å²) in [5.74, 6) is -1.06. The van der Waals surface area contributed by atoms with Gasteiger partial charge in [0.1, 0.15) is 5.78 Å². The number of carbonyl (C=O) groups is 2. The second-order valence-corrected chi connectivity index (χ2v) is 3.71. The van der Waals surface area contributed by atoms with Gasteiger partial charge in [-0.3, -0.25) is 29.8 Å². The first kappa shape index (κ1) is 14.4. The van der Waals surface area contributed by atoms with Gasteiger partial charge in [-0.05, 0) is 6.07 Å². The second kappa shape index (κ2) is 5.80. The van der Waals surface area contributed by atoms with Gasteiger partial charge in [0.2, 0.25) is 0 Å². The number of benzene rings is 1. The molecule has 0 aliphatic rings. The number of nitro groups is 2. The summed E-state index contributed by atoms with van der Waals surface area (Å²) in [5, 5.41) is 21.3. The average Bonchev–Trinajstić information content (AvgIpc) is 2.37. The normalized spacial score (nSPS) is 9.95. The summed E-state index contributed by atoms with van der Waals surface area (Å²) < 4.78 is 0. The molecule has 0 atom stereocenters. The molecule has 0 aromatic heterocycles. The topological polar surface area (TPSA) is 120 Å². The van der Waals surface area contributed by atoms with Gasteiger partial charge in [0.05, 0.1) is 27.9 Å². The van der Waals surface area contributed by atoms with E-state index in [1.54, 1.807) is 6.92 Å². The van der Waals surface area contributed by atoms with Gasteiger partial charge in [0.15, 0.2) is 5.78 Å². The molecule has 0 saturated heterocycles. The van der Waals surface area contributed by atoms with Crippen molar-refractivity contribution in [3.63, 3.8) is 0 Å². The molecule has 0 amide bonds. The van der Waals surface area contributed by atoms with Crippen LogP contribution < -0.4 is 0 Å². The Labute approximate surface area is 107 Å². The molecular formula is C11H10N2O6. The lowest BCUT2D eigenvalue weighted by Gasteiger charge is -2.01. The largest absolute Gasteiger partial charge is 0.299 e. The van der Waals surface area contributed by atoms with Crippen molar-refractivity contribution in [2.45, 2.75) is 19.8 Å². The lowest BCUT2D eigenvalue weighted by atomic mass is 10.0. The second-order valence-electron chi connectivity index (χ2n) is 3.71. The van der Waals surface area contributed by atoms with Crippen LogP contribution in [0.5, 0.6) is 0 Å². The summed E-state index contributed by atoms with van der Waals surface area (Å²) in [6, 6.07) is 2.71. The van der Waals surface area contributed by atoms with Crippen molar-refractivity contribution < 1.29 is 19.4 Å². The highest BCUT2D eigenvalue weighted by atomic mass is 16.6. The molecule has 0 aliphatic heterocycles. The summed E-state index contributed by atoms with van der Waals surface area (Å²) in [6.45, 7) is 1.57. The Balaban J connectivity index is 3.20. The van der Waals surface area contributed by atoms with Crippen molar-refractivity contribution in [1.82, 2.24) is 0 Å². The molecule has 8 heteroatoms. The van der Waals surface area contributed by atoms with E-state index >= 15 is 0 Å². The van der Waals surface area contributed by atoms with E-state index < -0.39 is 33.4 Å². The zero-order valence-corrected chi connectivity index (χ0v) is 9.99. The third-order valence-electron chi connectivity index (χ3n) is 2.44. The van der Waals surface area contributed by atoms with E-state index in [4.69, 9.17) is 0 Å². The first-order valence-corrected chi connectivity index (χ1v) is 5.34. The van der Waals surface area contributed by atoms with Crippen LogP contribution in [0.15, 0.2) is 18.2 Å². The molecule has 0 spiro atoms. The molecule has 0 aliphatic carbocycles. The van der Waals surface area contributed by atoms with Gasteiger partial charge in [-0.25, -0.2) is 0 Å². The minimum Gasteiger partial charge on any atom is -0.299 e. The number of non-ortho nitro benzene ring substituents is 1. The van der Waals surface area contributed by atoms with E-state index in [9.17, 15) is 29.8 Å². The van der Waals surface area contributed by atoms with Crippen molar-refractivity contribution in [2.75, 3.05) is 0 Å². The molecule has 0 unspecified atom stereocenters. The lowest BCUT2D eigenvalue weighted by molar-refractivity contribution is -0.394. The quantitative estimate of drug-likeness (QED) is 0.336. The molecule has 0 radical (unpaired) electrons. The minimum atomic E-state index is -0.878. The van der Waals surface area contributed by atoms with Gasteiger partial charge in [-0.1, -0.05) is 6.92 Å². The van der Waals surface area contributed by atoms with E-state index in [1.807, 2.05) is 0 Å². The van der Waals surface area contributed by atoms with E-state index in [2.05, 4.69) is 0 Å². The summed E-state index contributed by atoms with van der Waals surface area (Å²) in [6.07, 6.45) is -0.304. The smallest absolute Gasteiger partial charge is 0.287 e. The fourth-order valence-corrected chi connectivity index (χ4v) is 1.42. The van der Waals surface area contributed by atoms with Crippen LogP contribution in [0.3, 0.4) is 0 Å². The molecule has 8 nitrogen and oxygen atoms in total. The fraction of sp³-hybridized carbons (Fsp3) is 0.273. The van der Waals surface area contributed by atoms with Gasteiger partial charge >= 0.3 is 0 Å². The maximum Gasteiger partial charge on any atom is 0.287 e. The highest BCUT2D eigenvalue weighted by molar-refractivity contribution is 6.10. The third kappa shape index (κ3) is 3.41. The Morgan fingerprint density at radius 2 is 1.79 bits per heavy atom. The van der Waals surface area contributed by atoms with Crippen LogP contribution in [-0.2, 0) is 4.79 Å². The monoisotopic (exact) mass is 266 g/mol. The Kier molecular flexibility index (Phi) is 4.41. The van der Waals surface area contributed by atoms with E-state index in [0.717, 1.165) is 12.1 Å². The Hall–Kier alpha value is -2.64. The molecule has 0 N–H and O–H groups in total. The van der Waals surface area contributed by atoms with Gasteiger partial charge in [0.25, 0.3) is 11.4 Å². The zero-order chi connectivity index (χ0) is 14.6. The van der Waals surface area contributed by atoms with Crippen LogP contribution in [0, 0.1) is 20.2 Å². The molecule has 0 heterocycles. The Morgan fingerprint density at radius 1 is 1.16 bits per heavy atom. The Bertz CT molecular complexity index is 566. The minimum absolute atomic E-state index is 0.145. The Morgan fingerprint density at radius 3 is 2.26 bits per heavy atom. The average molecular weight is 266 g/mol. The number of hydrogen-bond donors (Lipinski definition) is 0. The highest BCUT2D eigenvalue weighted by Crippen LogP contribution is 2.25. The number of Topliss-reactive ketones (excluding diaryl/α,β-unsaturated/α-hetero) is 2. The summed E-state index contributed by atoms with van der Waals surface area (Å²) in [4.78, 5) is 42.5. The van der Waals surface area contributed by atoms with Crippen LogP contribution >= 0.6 is 0 Å². The lowest BCUT2D eigenvalue weighted by Crippen LogP contribution is -2.09. The number of nitrogens with zero attached hydrogens (tertiary/aromatic N) is 2. The number of nitro benzene ring substituents is 2. The predicted octanol–water partition coefficient (Wildman–Crippen LogP) is 2.05. The maximum atomic E-state index is 11.7. The first-order valence-electron chi connectivity index (χ1n) is 5.34. The van der Waals surface area contributed by atoms with Crippen molar-refractivity contribution in [3.05, 3.63) is 44.0 Å². The third-order valence-corrected chi connectivity index (χ3v) is 2.44. The van der Waals surface area contributed by atoms with E-state index in [0.29, 0.717) is 6.07 Å². The van der Waals surface area contributed by atoms with Crippen molar-refractivity contribution in [2.24, 2.45) is 0 Å². The zero-order valence-electron chi connectivity index (χ0n) is 9.99. The maximum absolute atomic E-state index is 11.7. The fourth-order valence-electron chi connectivity index (χ4n) is 1.42. The molecule has 0 bridgehead atoms. The molecule has 0 fully saturated rings. The predicted molar refractivity (Wildman–Crippen MR) is 64.0 cm³/mol. The van der Waals surface area contributed by atoms with Crippen LogP contribution in [0.2, 0.25) is 0 Å². The van der Waals surface area contributed by atoms with Gasteiger partial charge in [-0.2, -0.15) is 0 Å². The number of carbonyl (C=O) groups excluding carboxylic acids is 2. The van der Waals surface area contributed by atoms with Crippen LogP contribution in [0.25, 0.3) is 0 Å². The van der Waals surface area contributed by atoms with E-state index in [-0.39, 0.29) is 17.8 Å². The first-order chi connectivity index (χ1) is 8.86. The SMILES string of the molecule is CCC(=O)CC(=O)c1ccc([N+](=O)[O-])cc1[N+](=O)[O-]. The summed E-state index contributed by atoms with van der Waals surface area (Å²) >= 11 is 0. The molecule has 1 rings (SSSR count). The number of hydrogen-bond acceptors (Lipinski definition) is 6. The molecular weight excluding hydrogens is 256 g/mol. The van der Waals surface area contributed by atoms with Crippen LogP contribution in [-0.4, -0.2) is 21.4 Å². The van der Waals surface area contributed by atoms with Gasteiger partial charge < -0.3 is 0 Å². The molecule has 100 valence electrons. The van der Waals surface area contributed by atoms with Crippen LogP contribution in [0.1, 0.15) is 30.1 Å². The standard InChI is InChI=1S/C11H10N2O6/c1-2-8(14)6-11(15)9-4-3-7(12(16)17)5-10(9)13(18)19/h3-5H,2,6H2,1H3.